The van der Waals surface area contributed by atoms with Crippen LogP contribution in [0.5, 0.6) is 0 Å². The summed E-state index contributed by atoms with van der Waals surface area (Å²) in [5.74, 6) is 0. The Balaban J connectivity index is 3.32. The first kappa shape index (κ1) is 20.1. The van der Waals surface area contributed by atoms with E-state index < -0.39 is 41.3 Å². The van der Waals surface area contributed by atoms with Gasteiger partial charge in [0.25, 0.3) is 0 Å². The van der Waals surface area contributed by atoms with Gasteiger partial charge in [-0.3, -0.25) is 0 Å². The zero-order chi connectivity index (χ0) is 18.8. The van der Waals surface area contributed by atoms with Crippen molar-refractivity contribution < 1.29 is 15.0 Å². The van der Waals surface area contributed by atoms with Crippen LogP contribution in [0.15, 0.2) is 10.3 Å². The van der Waals surface area contributed by atoms with Crippen LogP contribution < -0.4 is 11.1 Å². The maximum atomic E-state index is 12.5. The quantitative estimate of drug-likeness (QED) is 0.234. The molecule has 0 bridgehead atoms. The van der Waals surface area contributed by atoms with Crippen LogP contribution in [0.1, 0.15) is 27.2 Å². The molecule has 5 N–H and O–H groups in total. The summed E-state index contributed by atoms with van der Waals surface area (Å²) in [6.45, 7) is 3.93. The standard InChI is InChI=1S/C13H25N7O4/c1-8(18-24)13(17-10(22)20(4)7-16-19-15)9(14)5-12(23,6-21)11(13,2)3/h8-9,21,23H,5-7,14H2,1-4H3,(H,17,22)/t8-,9-,12-,13-/m0/s1. The fraction of sp³-hybridized carbons (Fsp3) is 0.923. The predicted molar refractivity (Wildman–Crippen MR) is 86.7 cm³/mol. The highest BCUT2D eigenvalue weighted by Gasteiger charge is 2.69. The number of carbonyl (C=O) groups is 1. The summed E-state index contributed by atoms with van der Waals surface area (Å²) in [6.07, 6.45) is -0.0172. The third-order valence-electron chi connectivity index (χ3n) is 5.42. The molecule has 0 heterocycles. The van der Waals surface area contributed by atoms with Crippen molar-refractivity contribution in [2.24, 2.45) is 21.4 Å². The van der Waals surface area contributed by atoms with E-state index in [-0.39, 0.29) is 13.1 Å². The van der Waals surface area contributed by atoms with E-state index in [4.69, 9.17) is 11.3 Å². The Morgan fingerprint density at radius 1 is 1.58 bits per heavy atom. The smallest absolute Gasteiger partial charge is 0.317 e. The number of aliphatic hydroxyl groups excluding tert-OH is 1. The number of carbonyl (C=O) groups excluding carboxylic acids is 1. The van der Waals surface area contributed by atoms with Crippen LogP contribution in [0.2, 0.25) is 0 Å². The molecule has 24 heavy (non-hydrogen) atoms. The Kier molecular flexibility index (Phi) is 5.78. The van der Waals surface area contributed by atoms with Crippen LogP contribution in [0.3, 0.4) is 0 Å². The summed E-state index contributed by atoms with van der Waals surface area (Å²) in [5, 5.41) is 29.4. The second kappa shape index (κ2) is 6.89. The summed E-state index contributed by atoms with van der Waals surface area (Å²) in [5.41, 5.74) is 10.4. The molecule has 0 aromatic carbocycles. The Bertz CT molecular complexity index is 550. The molecule has 4 atom stereocenters. The van der Waals surface area contributed by atoms with E-state index in [9.17, 15) is 19.9 Å². The minimum atomic E-state index is -1.60. The van der Waals surface area contributed by atoms with Crippen LogP contribution in [0.25, 0.3) is 10.4 Å². The molecule has 0 radical (unpaired) electrons. The number of rotatable bonds is 6. The lowest BCUT2D eigenvalue weighted by atomic mass is 9.64. The number of aliphatic hydroxyl groups is 2. The summed E-state index contributed by atoms with van der Waals surface area (Å²) in [6, 6.07) is -2.43. The largest absolute Gasteiger partial charge is 0.393 e. The predicted octanol–water partition coefficient (Wildman–Crippen LogP) is 0.270. The number of amides is 2. The van der Waals surface area contributed by atoms with Gasteiger partial charge in [-0.05, 0) is 18.9 Å². The molecule has 2 amide bonds. The molecule has 0 aliphatic heterocycles. The summed E-state index contributed by atoms with van der Waals surface area (Å²) < 4.78 is 0. The highest BCUT2D eigenvalue weighted by atomic mass is 16.3. The molecule has 1 saturated carbocycles. The molecule has 11 heteroatoms. The van der Waals surface area contributed by atoms with E-state index in [1.165, 1.54) is 14.0 Å². The third kappa shape index (κ3) is 2.80. The molecule has 1 fully saturated rings. The molecule has 1 rings (SSSR count). The lowest BCUT2D eigenvalue weighted by Crippen LogP contribution is -2.72. The van der Waals surface area contributed by atoms with Gasteiger partial charge in [0, 0.05) is 23.4 Å². The maximum absolute atomic E-state index is 12.5. The highest BCUT2D eigenvalue weighted by molar-refractivity contribution is 5.75. The first-order chi connectivity index (χ1) is 11.0. The summed E-state index contributed by atoms with van der Waals surface area (Å²) >= 11 is 0. The zero-order valence-corrected chi connectivity index (χ0v) is 14.3. The van der Waals surface area contributed by atoms with Gasteiger partial charge in [0.05, 0.1) is 17.7 Å². The molecule has 0 aromatic rings. The number of nitrogens with two attached hydrogens (primary N) is 1. The molecule has 0 unspecified atom stereocenters. The van der Waals surface area contributed by atoms with Crippen molar-refractivity contribution in [3.05, 3.63) is 15.3 Å². The van der Waals surface area contributed by atoms with Gasteiger partial charge < -0.3 is 26.2 Å². The van der Waals surface area contributed by atoms with Crippen molar-refractivity contribution in [2.75, 3.05) is 20.3 Å². The van der Waals surface area contributed by atoms with Gasteiger partial charge in [0.15, 0.2) is 0 Å². The zero-order valence-electron chi connectivity index (χ0n) is 14.3. The van der Waals surface area contributed by atoms with Crippen LogP contribution in [0, 0.1) is 10.3 Å². The van der Waals surface area contributed by atoms with E-state index in [0.717, 1.165) is 4.90 Å². The molecule has 1 aliphatic carbocycles. The fourth-order valence-electron chi connectivity index (χ4n) is 3.62. The molecule has 11 nitrogen and oxygen atoms in total. The van der Waals surface area contributed by atoms with Gasteiger partial charge in [-0.1, -0.05) is 24.1 Å². The molecule has 0 spiro atoms. The lowest BCUT2D eigenvalue weighted by Gasteiger charge is -2.50. The molecule has 0 saturated heterocycles. The van der Waals surface area contributed by atoms with Gasteiger partial charge in [-0.2, -0.15) is 4.91 Å². The van der Waals surface area contributed by atoms with Crippen LogP contribution in [-0.4, -0.2) is 64.7 Å². The average Bonchev–Trinajstić information content (AvgIpc) is 2.69. The van der Waals surface area contributed by atoms with Crippen molar-refractivity contribution in [3.8, 4) is 0 Å². The lowest BCUT2D eigenvalue weighted by molar-refractivity contribution is -0.105. The highest BCUT2D eigenvalue weighted by Crippen LogP contribution is 2.54. The van der Waals surface area contributed by atoms with Gasteiger partial charge in [-0.15, -0.1) is 0 Å². The first-order valence-electron chi connectivity index (χ1n) is 7.49. The number of hydrogen-bond donors (Lipinski definition) is 4. The number of hydrogen-bond acceptors (Lipinski definition) is 7. The van der Waals surface area contributed by atoms with Crippen molar-refractivity contribution in [2.45, 2.75) is 50.4 Å². The van der Waals surface area contributed by atoms with Crippen molar-refractivity contribution in [1.82, 2.24) is 10.2 Å². The van der Waals surface area contributed by atoms with E-state index >= 15 is 0 Å². The molecular weight excluding hydrogens is 318 g/mol. The Morgan fingerprint density at radius 2 is 2.17 bits per heavy atom. The van der Waals surface area contributed by atoms with Crippen molar-refractivity contribution >= 4 is 6.03 Å². The maximum Gasteiger partial charge on any atom is 0.317 e. The van der Waals surface area contributed by atoms with Crippen LogP contribution >= 0.6 is 0 Å². The minimum Gasteiger partial charge on any atom is -0.393 e. The third-order valence-corrected chi connectivity index (χ3v) is 5.42. The van der Waals surface area contributed by atoms with Crippen molar-refractivity contribution in [3.63, 3.8) is 0 Å². The molecule has 1 aliphatic rings. The molecule has 0 aromatic heterocycles. The fourth-order valence-corrected chi connectivity index (χ4v) is 3.62. The Morgan fingerprint density at radius 3 is 2.58 bits per heavy atom. The Hall–Kier alpha value is -1.94. The number of azide groups is 1. The second-order valence-electron chi connectivity index (χ2n) is 6.78. The second-order valence-corrected chi connectivity index (χ2v) is 6.78. The van der Waals surface area contributed by atoms with Gasteiger partial charge in [-0.25, -0.2) is 4.79 Å². The normalized spacial score (nSPS) is 32.5. The first-order valence-corrected chi connectivity index (χ1v) is 7.49. The van der Waals surface area contributed by atoms with E-state index in [2.05, 4.69) is 20.5 Å². The van der Waals surface area contributed by atoms with Gasteiger partial charge in [0.1, 0.15) is 12.7 Å². The molecule has 136 valence electrons. The number of nitrogens with one attached hydrogen (secondary N) is 1. The summed E-state index contributed by atoms with van der Waals surface area (Å²) in [4.78, 5) is 27.4. The molecular formula is C13H25N7O4. The number of urea groups is 1. The SMILES string of the molecule is C[C@H](N=O)[C@]1(NC(=O)N(C)CN=[N+]=[N-])[C@@H](N)C[C@](O)(CO)C1(C)C. The van der Waals surface area contributed by atoms with Crippen LogP contribution in [0.4, 0.5) is 4.79 Å². The minimum absolute atomic E-state index is 0.0172. The van der Waals surface area contributed by atoms with E-state index in [1.54, 1.807) is 13.8 Å². The number of nitrogens with zero attached hydrogens (tertiary/aromatic N) is 5. The van der Waals surface area contributed by atoms with Gasteiger partial charge >= 0.3 is 6.03 Å². The monoisotopic (exact) mass is 343 g/mol. The van der Waals surface area contributed by atoms with Crippen LogP contribution in [-0.2, 0) is 0 Å². The number of nitroso groups, excluding NO2 is 1. The van der Waals surface area contributed by atoms with E-state index in [0.29, 0.717) is 0 Å². The summed E-state index contributed by atoms with van der Waals surface area (Å²) in [7, 11) is 1.41. The van der Waals surface area contributed by atoms with Crippen molar-refractivity contribution in [1.29, 1.82) is 0 Å². The Labute approximate surface area is 139 Å². The average molecular weight is 343 g/mol. The van der Waals surface area contributed by atoms with Gasteiger partial charge in [0.2, 0.25) is 0 Å². The topological polar surface area (TPSA) is 177 Å². The van der Waals surface area contributed by atoms with E-state index in [1.807, 2.05) is 0 Å².